The summed E-state index contributed by atoms with van der Waals surface area (Å²) in [7, 11) is 0. The van der Waals surface area contributed by atoms with E-state index in [-0.39, 0.29) is 11.9 Å². The van der Waals surface area contributed by atoms with Crippen molar-refractivity contribution < 1.29 is 9.13 Å². The van der Waals surface area contributed by atoms with Crippen LogP contribution in [0.4, 0.5) is 4.39 Å². The molecule has 0 radical (unpaired) electrons. The summed E-state index contributed by atoms with van der Waals surface area (Å²) in [5.41, 5.74) is 3.29. The van der Waals surface area contributed by atoms with Crippen molar-refractivity contribution in [2.75, 3.05) is 6.54 Å². The molecule has 0 aliphatic carbocycles. The molecular weight excluding hydrogens is 329 g/mol. The lowest BCUT2D eigenvalue weighted by Crippen LogP contribution is -2.36. The number of nitrogens with one attached hydrogen (secondary N) is 2. The van der Waals surface area contributed by atoms with Crippen LogP contribution < -0.4 is 10.6 Å². The molecule has 0 amide bonds. The first-order valence-electron chi connectivity index (χ1n) is 9.03. The minimum Gasteiger partial charge on any atom is -0.374 e. The van der Waals surface area contributed by atoms with Gasteiger partial charge in [-0.3, -0.25) is 0 Å². The van der Waals surface area contributed by atoms with Crippen molar-refractivity contribution >= 4 is 5.96 Å². The number of guanidine groups is 1. The minimum absolute atomic E-state index is 0.215. The maximum Gasteiger partial charge on any atom is 0.191 e. The summed E-state index contributed by atoms with van der Waals surface area (Å²) in [5.74, 6) is 0.510. The first-order chi connectivity index (χ1) is 12.6. The van der Waals surface area contributed by atoms with Crippen LogP contribution in [-0.2, 0) is 24.4 Å². The Kier molecular flexibility index (Phi) is 8.09. The van der Waals surface area contributed by atoms with E-state index in [0.29, 0.717) is 19.7 Å². The highest BCUT2D eigenvalue weighted by molar-refractivity contribution is 5.79. The van der Waals surface area contributed by atoms with Crippen LogP contribution in [0.15, 0.2) is 53.5 Å². The Morgan fingerprint density at radius 2 is 1.77 bits per heavy atom. The van der Waals surface area contributed by atoms with Gasteiger partial charge >= 0.3 is 0 Å². The zero-order chi connectivity index (χ0) is 18.8. The third-order valence-electron chi connectivity index (χ3n) is 3.71. The summed E-state index contributed by atoms with van der Waals surface area (Å²) in [6.45, 7) is 8.64. The topological polar surface area (TPSA) is 45.7 Å². The fraction of sp³-hybridized carbons (Fsp3) is 0.381. The third kappa shape index (κ3) is 7.23. The van der Waals surface area contributed by atoms with Gasteiger partial charge in [0.05, 0.1) is 19.3 Å². The van der Waals surface area contributed by atoms with Crippen molar-refractivity contribution in [3.63, 3.8) is 0 Å². The SMILES string of the molecule is CCNC(=NCc1cccc(COC(C)C)c1)NCc1ccc(F)cc1. The van der Waals surface area contributed by atoms with Gasteiger partial charge in [0.15, 0.2) is 5.96 Å². The van der Waals surface area contributed by atoms with Gasteiger partial charge in [0.25, 0.3) is 0 Å². The number of rotatable bonds is 8. The van der Waals surface area contributed by atoms with Gasteiger partial charge in [-0.15, -0.1) is 0 Å². The molecule has 2 aromatic carbocycles. The first-order valence-corrected chi connectivity index (χ1v) is 9.03. The molecule has 0 heterocycles. The largest absolute Gasteiger partial charge is 0.374 e. The van der Waals surface area contributed by atoms with Crippen LogP contribution in [0.5, 0.6) is 0 Å². The predicted octanol–water partition coefficient (Wildman–Crippen LogP) is 4.01. The van der Waals surface area contributed by atoms with Crippen molar-refractivity contribution in [1.29, 1.82) is 0 Å². The van der Waals surface area contributed by atoms with E-state index in [1.807, 2.05) is 26.8 Å². The normalized spacial score (nSPS) is 11.7. The van der Waals surface area contributed by atoms with Crippen molar-refractivity contribution in [2.45, 2.75) is 46.6 Å². The molecule has 0 unspecified atom stereocenters. The molecule has 0 aliphatic rings. The minimum atomic E-state index is -0.226. The summed E-state index contributed by atoms with van der Waals surface area (Å²) in [6.07, 6.45) is 0.215. The van der Waals surface area contributed by atoms with Crippen molar-refractivity contribution in [1.82, 2.24) is 10.6 Å². The molecule has 2 N–H and O–H groups in total. The zero-order valence-electron chi connectivity index (χ0n) is 15.8. The van der Waals surface area contributed by atoms with Crippen molar-refractivity contribution in [3.05, 3.63) is 71.0 Å². The number of hydrogen-bond acceptors (Lipinski definition) is 2. The van der Waals surface area contributed by atoms with Crippen LogP contribution in [0.1, 0.15) is 37.5 Å². The Hall–Kier alpha value is -2.40. The Bertz CT molecular complexity index is 699. The Balaban J connectivity index is 1.95. The molecular formula is C21H28FN3O. The smallest absolute Gasteiger partial charge is 0.191 e. The van der Waals surface area contributed by atoms with E-state index in [4.69, 9.17) is 4.74 Å². The van der Waals surface area contributed by atoms with Crippen LogP contribution in [-0.4, -0.2) is 18.6 Å². The highest BCUT2D eigenvalue weighted by Gasteiger charge is 2.01. The molecule has 0 aliphatic heterocycles. The molecule has 2 aromatic rings. The van der Waals surface area contributed by atoms with Gasteiger partial charge in [0.1, 0.15) is 5.82 Å². The number of nitrogens with zero attached hydrogens (tertiary/aromatic N) is 1. The van der Waals surface area contributed by atoms with Crippen LogP contribution in [0.3, 0.4) is 0 Å². The van der Waals surface area contributed by atoms with Crippen LogP contribution >= 0.6 is 0 Å². The number of ether oxygens (including phenoxy) is 1. The fourth-order valence-electron chi connectivity index (χ4n) is 2.38. The lowest BCUT2D eigenvalue weighted by atomic mass is 10.1. The van der Waals surface area contributed by atoms with Crippen molar-refractivity contribution in [2.24, 2.45) is 4.99 Å². The molecule has 0 aromatic heterocycles. The predicted molar refractivity (Wildman–Crippen MR) is 104 cm³/mol. The number of aliphatic imine (C=N–C) groups is 1. The molecule has 0 saturated heterocycles. The van der Waals surface area contributed by atoms with Gasteiger partial charge < -0.3 is 15.4 Å². The van der Waals surface area contributed by atoms with Gasteiger partial charge in [-0.2, -0.15) is 0 Å². The third-order valence-corrected chi connectivity index (χ3v) is 3.71. The summed E-state index contributed by atoms with van der Waals surface area (Å²) in [5, 5.41) is 6.50. The van der Waals surface area contributed by atoms with E-state index in [2.05, 4.69) is 33.8 Å². The van der Waals surface area contributed by atoms with Gasteiger partial charge in [-0.1, -0.05) is 36.4 Å². The second kappa shape index (κ2) is 10.6. The summed E-state index contributed by atoms with van der Waals surface area (Å²) in [6, 6.07) is 14.7. The molecule has 4 nitrogen and oxygen atoms in total. The van der Waals surface area contributed by atoms with Gasteiger partial charge in [0, 0.05) is 13.1 Å². The summed E-state index contributed by atoms with van der Waals surface area (Å²) in [4.78, 5) is 4.63. The number of halogens is 1. The molecule has 0 atom stereocenters. The monoisotopic (exact) mass is 357 g/mol. The molecule has 26 heavy (non-hydrogen) atoms. The van der Waals surface area contributed by atoms with E-state index in [0.717, 1.165) is 29.2 Å². The molecule has 0 spiro atoms. The number of hydrogen-bond donors (Lipinski definition) is 2. The average molecular weight is 357 g/mol. The second-order valence-electron chi connectivity index (χ2n) is 6.35. The maximum atomic E-state index is 13.0. The zero-order valence-corrected chi connectivity index (χ0v) is 15.8. The van der Waals surface area contributed by atoms with E-state index in [1.54, 1.807) is 12.1 Å². The lowest BCUT2D eigenvalue weighted by molar-refractivity contribution is 0.0657. The molecule has 140 valence electrons. The van der Waals surface area contributed by atoms with Crippen LogP contribution in [0.2, 0.25) is 0 Å². The molecule has 0 bridgehead atoms. The average Bonchev–Trinajstić information content (AvgIpc) is 2.64. The van der Waals surface area contributed by atoms with E-state index < -0.39 is 0 Å². The summed E-state index contributed by atoms with van der Waals surface area (Å²) < 4.78 is 18.6. The van der Waals surface area contributed by atoms with Crippen LogP contribution in [0.25, 0.3) is 0 Å². The Morgan fingerprint density at radius 3 is 2.46 bits per heavy atom. The second-order valence-corrected chi connectivity index (χ2v) is 6.35. The molecule has 0 saturated carbocycles. The molecule has 5 heteroatoms. The van der Waals surface area contributed by atoms with Gasteiger partial charge in [-0.25, -0.2) is 9.38 Å². The summed E-state index contributed by atoms with van der Waals surface area (Å²) >= 11 is 0. The Labute approximate surface area is 155 Å². The van der Waals surface area contributed by atoms with Crippen LogP contribution in [0, 0.1) is 5.82 Å². The number of benzene rings is 2. The van der Waals surface area contributed by atoms with E-state index >= 15 is 0 Å². The van der Waals surface area contributed by atoms with E-state index in [9.17, 15) is 4.39 Å². The highest BCUT2D eigenvalue weighted by Crippen LogP contribution is 2.09. The lowest BCUT2D eigenvalue weighted by Gasteiger charge is -2.12. The standard InChI is InChI=1S/C21H28FN3O/c1-4-23-21(24-13-17-8-10-20(22)11-9-17)25-14-18-6-5-7-19(12-18)15-26-16(2)3/h5-12,16H,4,13-15H2,1-3H3,(H2,23,24,25). The van der Waals surface area contributed by atoms with Gasteiger partial charge in [0.2, 0.25) is 0 Å². The van der Waals surface area contributed by atoms with Gasteiger partial charge in [-0.05, 0) is 49.6 Å². The fourth-order valence-corrected chi connectivity index (χ4v) is 2.38. The highest BCUT2D eigenvalue weighted by atomic mass is 19.1. The molecule has 2 rings (SSSR count). The molecule has 0 fully saturated rings. The van der Waals surface area contributed by atoms with Crippen molar-refractivity contribution in [3.8, 4) is 0 Å². The van der Waals surface area contributed by atoms with E-state index in [1.165, 1.54) is 12.1 Å². The first kappa shape index (κ1) is 19.9. The Morgan fingerprint density at radius 1 is 1.04 bits per heavy atom. The quantitative estimate of drug-likeness (QED) is 0.554. The maximum absolute atomic E-state index is 13.0.